The molecule has 0 unspecified atom stereocenters. The Morgan fingerprint density at radius 2 is 1.89 bits per heavy atom. The fourth-order valence-electron chi connectivity index (χ4n) is 5.54. The summed E-state index contributed by atoms with van der Waals surface area (Å²) in [6.45, 7) is 3.52. The van der Waals surface area contributed by atoms with Gasteiger partial charge in [0, 0.05) is 55.7 Å². The van der Waals surface area contributed by atoms with Gasteiger partial charge in [0.25, 0.3) is 0 Å². The number of hydrogen-bond acceptors (Lipinski definition) is 7. The van der Waals surface area contributed by atoms with E-state index in [1.54, 1.807) is 29.2 Å². The van der Waals surface area contributed by atoms with Gasteiger partial charge in [-0.15, -0.1) is 0 Å². The predicted octanol–water partition coefficient (Wildman–Crippen LogP) is 3.56. The normalized spacial score (nSPS) is 18.3. The van der Waals surface area contributed by atoms with Crippen molar-refractivity contribution in [1.82, 2.24) is 24.8 Å². The quantitative estimate of drug-likeness (QED) is 0.412. The molecule has 192 valence electrons. The Morgan fingerprint density at radius 1 is 1.13 bits per heavy atom. The summed E-state index contributed by atoms with van der Waals surface area (Å²) in [4.78, 5) is 34.0. The van der Waals surface area contributed by atoms with Crippen molar-refractivity contribution in [1.29, 1.82) is 5.26 Å². The highest BCUT2D eigenvalue weighted by Crippen LogP contribution is 2.32. The molecule has 6 rings (SSSR count). The predicted molar refractivity (Wildman–Crippen MR) is 139 cm³/mol. The fraction of sp³-hybridized carbons (Fsp3) is 0.357. The number of fused-ring (bicyclic) bond motifs is 1. The van der Waals surface area contributed by atoms with Gasteiger partial charge in [-0.1, -0.05) is 17.3 Å². The minimum atomic E-state index is -0.366. The number of carbonyl (C=O) groups is 2. The van der Waals surface area contributed by atoms with Gasteiger partial charge in [-0.25, -0.2) is 0 Å². The van der Waals surface area contributed by atoms with Crippen LogP contribution in [0.25, 0.3) is 22.3 Å². The molecule has 0 radical (unpaired) electrons. The van der Waals surface area contributed by atoms with Crippen LogP contribution < -0.4 is 4.90 Å². The molecule has 10 heteroatoms. The van der Waals surface area contributed by atoms with Gasteiger partial charge in [0.05, 0.1) is 28.8 Å². The Morgan fingerprint density at radius 3 is 2.63 bits per heavy atom. The molecule has 0 spiro atoms. The summed E-state index contributed by atoms with van der Waals surface area (Å²) in [5.74, 6) is 0.807. The number of hydrogen-bond donors (Lipinski definition) is 0. The Labute approximate surface area is 219 Å². The Bertz CT molecular complexity index is 1570. The molecule has 10 nitrogen and oxygen atoms in total. The van der Waals surface area contributed by atoms with E-state index in [0.717, 1.165) is 35.0 Å². The van der Waals surface area contributed by atoms with E-state index >= 15 is 0 Å². The van der Waals surface area contributed by atoms with Gasteiger partial charge in [-0.2, -0.15) is 15.3 Å². The Kier molecular flexibility index (Phi) is 5.91. The van der Waals surface area contributed by atoms with Crippen molar-refractivity contribution >= 4 is 28.4 Å². The summed E-state index contributed by atoms with van der Waals surface area (Å²) in [6.07, 6.45) is 1.66. The Balaban J connectivity index is 1.08. The zero-order valence-electron chi connectivity index (χ0n) is 21.3. The van der Waals surface area contributed by atoms with Crippen molar-refractivity contribution in [2.45, 2.75) is 32.1 Å². The zero-order valence-corrected chi connectivity index (χ0v) is 21.3. The first-order chi connectivity index (χ1) is 18.4. The van der Waals surface area contributed by atoms with Crippen molar-refractivity contribution in [3.8, 4) is 17.5 Å². The molecule has 2 fully saturated rings. The summed E-state index contributed by atoms with van der Waals surface area (Å²) < 4.78 is 7.49. The highest BCUT2D eigenvalue weighted by molar-refractivity contribution is 6.00. The minimum Gasteiger partial charge on any atom is -0.342 e. The topological polar surface area (TPSA) is 121 Å². The van der Waals surface area contributed by atoms with E-state index in [-0.39, 0.29) is 30.1 Å². The van der Waals surface area contributed by atoms with Crippen LogP contribution in [-0.2, 0) is 16.6 Å². The molecule has 0 N–H and O–H groups in total. The summed E-state index contributed by atoms with van der Waals surface area (Å²) in [5, 5.41) is 18.8. The smallest absolute Gasteiger partial charge is 0.230 e. The lowest BCUT2D eigenvalue weighted by Crippen LogP contribution is -2.42. The van der Waals surface area contributed by atoms with Gasteiger partial charge in [0.2, 0.25) is 23.5 Å². The van der Waals surface area contributed by atoms with Gasteiger partial charge in [-0.05, 0) is 50.1 Å². The maximum Gasteiger partial charge on any atom is 0.230 e. The second-order valence-electron chi connectivity index (χ2n) is 10.1. The lowest BCUT2D eigenvalue weighted by molar-refractivity contribution is -0.136. The fourth-order valence-corrected chi connectivity index (χ4v) is 5.54. The second-order valence-corrected chi connectivity index (χ2v) is 10.1. The number of likely N-dealkylation sites (tertiary alicyclic amines) is 1. The number of aromatic nitrogens is 4. The molecule has 2 aromatic carbocycles. The number of carbonyl (C=O) groups excluding carboxylic acids is 2. The van der Waals surface area contributed by atoms with Gasteiger partial charge in [0.1, 0.15) is 0 Å². The first kappa shape index (κ1) is 23.9. The van der Waals surface area contributed by atoms with E-state index in [0.29, 0.717) is 42.6 Å². The first-order valence-electron chi connectivity index (χ1n) is 12.8. The van der Waals surface area contributed by atoms with Crippen molar-refractivity contribution < 1.29 is 14.1 Å². The van der Waals surface area contributed by atoms with Crippen LogP contribution in [0.2, 0.25) is 0 Å². The maximum atomic E-state index is 13.2. The zero-order chi connectivity index (χ0) is 26.4. The molecule has 2 aromatic heterocycles. The van der Waals surface area contributed by atoms with E-state index < -0.39 is 0 Å². The molecular weight excluding hydrogens is 482 g/mol. The van der Waals surface area contributed by atoms with Crippen LogP contribution in [0, 0.1) is 24.2 Å². The number of aryl methyl sites for hydroxylation is 2. The number of nitriles is 1. The molecule has 0 bridgehead atoms. The van der Waals surface area contributed by atoms with E-state index in [9.17, 15) is 9.59 Å². The van der Waals surface area contributed by atoms with Crippen LogP contribution in [0.4, 0.5) is 5.69 Å². The molecule has 38 heavy (non-hydrogen) atoms. The van der Waals surface area contributed by atoms with Crippen molar-refractivity contribution in [3.05, 3.63) is 59.6 Å². The number of anilines is 1. The van der Waals surface area contributed by atoms with Crippen molar-refractivity contribution in [3.63, 3.8) is 0 Å². The summed E-state index contributed by atoms with van der Waals surface area (Å²) >= 11 is 0. The number of piperidine rings is 1. The van der Waals surface area contributed by atoms with Crippen LogP contribution in [0.5, 0.6) is 0 Å². The third-order valence-corrected chi connectivity index (χ3v) is 7.67. The summed E-state index contributed by atoms with van der Waals surface area (Å²) in [6, 6.07) is 15.0. The number of nitrogens with zero attached hydrogens (tertiary/aromatic N) is 7. The standard InChI is InChI=1S/C28H27N7O3/c1-17-23-8-5-20(13-24(23)33(2)31-17)26-30-27(38-32-26)19-9-11-34(12-10-19)28(37)21-14-25(36)35(16-21)22-6-3-18(15-29)4-7-22/h3-8,13,19,21H,9-12,14,16H2,1-2H3/t21-/m0/s1. The molecule has 2 aliphatic rings. The summed E-state index contributed by atoms with van der Waals surface area (Å²) in [5.41, 5.74) is 4.12. The van der Waals surface area contributed by atoms with Crippen molar-refractivity contribution in [2.75, 3.05) is 24.5 Å². The average Bonchev–Trinajstić information content (AvgIpc) is 3.66. The lowest BCUT2D eigenvalue weighted by Gasteiger charge is -2.32. The van der Waals surface area contributed by atoms with Crippen LogP contribution >= 0.6 is 0 Å². The third kappa shape index (κ3) is 4.20. The number of amides is 2. The van der Waals surface area contributed by atoms with Gasteiger partial charge < -0.3 is 14.3 Å². The second kappa shape index (κ2) is 9.41. The molecule has 0 saturated carbocycles. The van der Waals surface area contributed by atoms with Crippen molar-refractivity contribution in [2.24, 2.45) is 13.0 Å². The lowest BCUT2D eigenvalue weighted by atomic mass is 9.95. The maximum absolute atomic E-state index is 13.2. The summed E-state index contributed by atoms with van der Waals surface area (Å²) in [7, 11) is 1.92. The van der Waals surface area contributed by atoms with Crippen LogP contribution in [0.15, 0.2) is 47.0 Å². The van der Waals surface area contributed by atoms with Crippen LogP contribution in [-0.4, -0.2) is 56.3 Å². The largest absolute Gasteiger partial charge is 0.342 e. The van der Waals surface area contributed by atoms with E-state index in [4.69, 9.17) is 9.78 Å². The molecule has 0 aliphatic carbocycles. The SMILES string of the molecule is Cc1nn(C)c2cc(-c3noc(C4CCN(C(=O)[C@H]5CC(=O)N(c6ccc(C#N)cc6)C5)CC4)n3)ccc12. The van der Waals surface area contributed by atoms with Gasteiger partial charge in [0.15, 0.2) is 0 Å². The van der Waals surface area contributed by atoms with Gasteiger partial charge >= 0.3 is 0 Å². The Hall–Kier alpha value is -4.52. The monoisotopic (exact) mass is 509 g/mol. The van der Waals surface area contributed by atoms with E-state index in [1.807, 2.05) is 41.8 Å². The molecule has 4 heterocycles. The van der Waals surface area contributed by atoms with E-state index in [1.165, 1.54) is 0 Å². The van der Waals surface area contributed by atoms with Crippen LogP contribution in [0.3, 0.4) is 0 Å². The minimum absolute atomic E-state index is 0.0129. The highest BCUT2D eigenvalue weighted by Gasteiger charge is 2.38. The molecular formula is C28H27N7O3. The third-order valence-electron chi connectivity index (χ3n) is 7.67. The molecule has 1 atom stereocenters. The molecule has 2 saturated heterocycles. The molecule has 4 aromatic rings. The van der Waals surface area contributed by atoms with Gasteiger partial charge in [-0.3, -0.25) is 14.3 Å². The number of rotatable bonds is 4. The van der Waals surface area contributed by atoms with Crippen LogP contribution in [0.1, 0.15) is 42.3 Å². The van der Waals surface area contributed by atoms with E-state index in [2.05, 4.69) is 21.3 Å². The molecule has 2 amide bonds. The molecule has 2 aliphatic heterocycles. The number of benzene rings is 2. The first-order valence-corrected chi connectivity index (χ1v) is 12.8. The highest BCUT2D eigenvalue weighted by atomic mass is 16.5. The average molecular weight is 510 g/mol.